The van der Waals surface area contributed by atoms with Gasteiger partial charge in [0.15, 0.2) is 0 Å². The molecule has 4 aromatic rings. The van der Waals surface area contributed by atoms with E-state index in [0.717, 1.165) is 21.7 Å². The van der Waals surface area contributed by atoms with E-state index in [4.69, 9.17) is 0 Å². The van der Waals surface area contributed by atoms with Crippen LogP contribution in [0.2, 0.25) is 0 Å². The number of rotatable bonds is 3. The lowest BCUT2D eigenvalue weighted by atomic mass is 9.92. The molecular weight excluding hydrogens is 414 g/mol. The SMILES string of the molecule is O=C1c2ccccc2C(=O)N1CC(=O)N1CCc2c([nH]c3ccccc23)C1c1ccccc1. The monoisotopic (exact) mass is 435 g/mol. The highest BCUT2D eigenvalue weighted by Crippen LogP contribution is 2.38. The first kappa shape index (κ1) is 19.5. The Morgan fingerprint density at radius 2 is 1.48 bits per heavy atom. The number of aromatic nitrogens is 1. The molecule has 0 saturated carbocycles. The second-order valence-corrected chi connectivity index (χ2v) is 8.46. The Morgan fingerprint density at radius 1 is 0.848 bits per heavy atom. The van der Waals surface area contributed by atoms with Gasteiger partial charge in [-0.2, -0.15) is 0 Å². The molecule has 1 unspecified atom stereocenters. The summed E-state index contributed by atoms with van der Waals surface area (Å²) in [6.45, 7) is 0.238. The second-order valence-electron chi connectivity index (χ2n) is 8.46. The van der Waals surface area contributed by atoms with Crippen molar-refractivity contribution in [2.24, 2.45) is 0 Å². The van der Waals surface area contributed by atoms with E-state index >= 15 is 0 Å². The zero-order chi connectivity index (χ0) is 22.5. The maximum absolute atomic E-state index is 13.6. The minimum Gasteiger partial charge on any atom is -0.356 e. The van der Waals surface area contributed by atoms with Crippen LogP contribution in [0.1, 0.15) is 43.6 Å². The van der Waals surface area contributed by atoms with Gasteiger partial charge >= 0.3 is 0 Å². The molecule has 3 heterocycles. The van der Waals surface area contributed by atoms with Crippen LogP contribution >= 0.6 is 0 Å². The molecule has 0 fully saturated rings. The molecule has 0 spiro atoms. The van der Waals surface area contributed by atoms with Crippen molar-refractivity contribution in [3.63, 3.8) is 0 Å². The van der Waals surface area contributed by atoms with Crippen molar-refractivity contribution in [3.05, 3.63) is 107 Å². The van der Waals surface area contributed by atoms with Crippen LogP contribution in [0.5, 0.6) is 0 Å². The van der Waals surface area contributed by atoms with Crippen molar-refractivity contribution in [1.82, 2.24) is 14.8 Å². The van der Waals surface area contributed by atoms with Crippen LogP contribution in [0.3, 0.4) is 0 Å². The number of nitrogens with zero attached hydrogens (tertiary/aromatic N) is 2. The number of carbonyl (C=O) groups is 3. The van der Waals surface area contributed by atoms with Crippen LogP contribution < -0.4 is 0 Å². The van der Waals surface area contributed by atoms with Gasteiger partial charge in [0.05, 0.1) is 17.2 Å². The topological polar surface area (TPSA) is 73.5 Å². The molecule has 1 aromatic heterocycles. The third-order valence-electron chi connectivity index (χ3n) is 6.64. The van der Waals surface area contributed by atoms with Gasteiger partial charge < -0.3 is 9.88 Å². The Bertz CT molecular complexity index is 1390. The number of benzene rings is 3. The molecule has 33 heavy (non-hydrogen) atoms. The fraction of sp³-hybridized carbons (Fsp3) is 0.148. The first-order valence-corrected chi connectivity index (χ1v) is 11.0. The average molecular weight is 435 g/mol. The number of nitrogens with one attached hydrogen (secondary N) is 1. The summed E-state index contributed by atoms with van der Waals surface area (Å²) < 4.78 is 0. The summed E-state index contributed by atoms with van der Waals surface area (Å²) >= 11 is 0. The molecule has 6 nitrogen and oxygen atoms in total. The van der Waals surface area contributed by atoms with E-state index in [1.807, 2.05) is 48.5 Å². The molecule has 0 saturated heterocycles. The first-order chi connectivity index (χ1) is 16.1. The van der Waals surface area contributed by atoms with Gasteiger partial charge in [-0.05, 0) is 35.7 Å². The molecule has 1 atom stereocenters. The molecule has 3 amide bonds. The second kappa shape index (κ2) is 7.45. The minimum absolute atomic E-state index is 0.248. The predicted molar refractivity (Wildman–Crippen MR) is 124 cm³/mol. The number of aromatic amines is 1. The molecule has 0 aliphatic carbocycles. The highest BCUT2D eigenvalue weighted by atomic mass is 16.2. The fourth-order valence-electron chi connectivity index (χ4n) is 5.10. The normalized spacial score (nSPS) is 17.4. The summed E-state index contributed by atoms with van der Waals surface area (Å²) in [5, 5.41) is 1.17. The van der Waals surface area contributed by atoms with Gasteiger partial charge in [-0.15, -0.1) is 0 Å². The summed E-state index contributed by atoms with van der Waals surface area (Å²) in [5.74, 6) is -1.07. The number of carbonyl (C=O) groups excluding carboxylic acids is 3. The minimum atomic E-state index is -0.413. The first-order valence-electron chi connectivity index (χ1n) is 11.0. The molecule has 3 aromatic carbocycles. The van der Waals surface area contributed by atoms with Gasteiger partial charge in [0.1, 0.15) is 6.54 Å². The molecule has 1 N–H and O–H groups in total. The Kier molecular flexibility index (Phi) is 4.40. The van der Waals surface area contributed by atoms with Gasteiger partial charge in [0.2, 0.25) is 5.91 Å². The Labute approximate surface area is 190 Å². The highest BCUT2D eigenvalue weighted by Gasteiger charge is 2.40. The Morgan fingerprint density at radius 3 is 2.21 bits per heavy atom. The van der Waals surface area contributed by atoms with Crippen molar-refractivity contribution < 1.29 is 14.4 Å². The van der Waals surface area contributed by atoms with E-state index in [0.29, 0.717) is 24.1 Å². The third-order valence-corrected chi connectivity index (χ3v) is 6.64. The van der Waals surface area contributed by atoms with Crippen molar-refractivity contribution in [1.29, 1.82) is 0 Å². The predicted octanol–water partition coefficient (Wildman–Crippen LogP) is 3.94. The highest BCUT2D eigenvalue weighted by molar-refractivity contribution is 6.22. The van der Waals surface area contributed by atoms with E-state index < -0.39 is 11.8 Å². The van der Waals surface area contributed by atoms with Gasteiger partial charge in [-0.25, -0.2) is 0 Å². The molecule has 162 valence electrons. The van der Waals surface area contributed by atoms with Crippen LogP contribution in [-0.2, 0) is 11.2 Å². The smallest absolute Gasteiger partial charge is 0.262 e. The number of amides is 3. The summed E-state index contributed by atoms with van der Waals surface area (Å²) in [5.41, 5.74) is 4.94. The number of H-pyrrole nitrogens is 1. The van der Waals surface area contributed by atoms with Crippen molar-refractivity contribution in [2.75, 3.05) is 13.1 Å². The zero-order valence-corrected chi connectivity index (χ0v) is 17.8. The standard InChI is InChI=1S/C27H21N3O3/c31-23(16-30-26(32)20-11-4-5-12-21(20)27(30)33)29-15-14-19-18-10-6-7-13-22(18)28-24(19)25(29)17-8-2-1-3-9-17/h1-13,25,28H,14-16H2. The van der Waals surface area contributed by atoms with E-state index in [9.17, 15) is 14.4 Å². The van der Waals surface area contributed by atoms with Crippen molar-refractivity contribution >= 4 is 28.6 Å². The van der Waals surface area contributed by atoms with Crippen molar-refractivity contribution in [3.8, 4) is 0 Å². The molecule has 6 heteroatoms. The molecule has 0 bridgehead atoms. The van der Waals surface area contributed by atoms with Gasteiger partial charge in [0.25, 0.3) is 11.8 Å². The maximum Gasteiger partial charge on any atom is 0.262 e. The van der Waals surface area contributed by atoms with Crippen LogP contribution in [-0.4, -0.2) is 45.6 Å². The lowest BCUT2D eigenvalue weighted by Crippen LogP contribution is -2.47. The quantitative estimate of drug-likeness (QED) is 0.496. The molecule has 0 radical (unpaired) electrons. The number of hydrogen-bond acceptors (Lipinski definition) is 3. The third kappa shape index (κ3) is 2.98. The summed E-state index contributed by atoms with van der Waals surface area (Å²) in [6.07, 6.45) is 0.705. The van der Waals surface area contributed by atoms with Crippen molar-refractivity contribution in [2.45, 2.75) is 12.5 Å². The van der Waals surface area contributed by atoms with Crippen LogP contribution in [0.25, 0.3) is 10.9 Å². The average Bonchev–Trinajstić information content (AvgIpc) is 3.35. The number of fused-ring (bicyclic) bond motifs is 4. The summed E-state index contributed by atoms with van der Waals surface area (Å²) in [7, 11) is 0. The van der Waals surface area contributed by atoms with E-state index in [1.54, 1.807) is 29.2 Å². The fourth-order valence-corrected chi connectivity index (χ4v) is 5.10. The Hall–Kier alpha value is -4.19. The van der Waals surface area contributed by atoms with Gasteiger partial charge in [-0.1, -0.05) is 60.7 Å². The van der Waals surface area contributed by atoms with Gasteiger partial charge in [0, 0.05) is 23.1 Å². The lowest BCUT2D eigenvalue weighted by molar-refractivity contribution is -0.133. The van der Waals surface area contributed by atoms with E-state index in [2.05, 4.69) is 11.1 Å². The zero-order valence-electron chi connectivity index (χ0n) is 17.8. The molecular formula is C27H21N3O3. The van der Waals surface area contributed by atoms with E-state index in [-0.39, 0.29) is 18.5 Å². The van der Waals surface area contributed by atoms with Crippen LogP contribution in [0, 0.1) is 0 Å². The molecule has 2 aliphatic heterocycles. The molecule has 2 aliphatic rings. The van der Waals surface area contributed by atoms with Crippen LogP contribution in [0.15, 0.2) is 78.9 Å². The van der Waals surface area contributed by atoms with Crippen LogP contribution in [0.4, 0.5) is 0 Å². The summed E-state index contributed by atoms with van der Waals surface area (Å²) in [6, 6.07) is 24.4. The summed E-state index contributed by atoms with van der Waals surface area (Å²) in [4.78, 5) is 45.6. The maximum atomic E-state index is 13.6. The van der Waals surface area contributed by atoms with Gasteiger partial charge in [-0.3, -0.25) is 19.3 Å². The molecule has 6 rings (SSSR count). The lowest BCUT2D eigenvalue weighted by Gasteiger charge is -2.37. The number of hydrogen-bond donors (Lipinski definition) is 1. The Balaban J connectivity index is 1.37. The number of imide groups is 1. The number of para-hydroxylation sites is 1. The largest absolute Gasteiger partial charge is 0.356 e. The van der Waals surface area contributed by atoms with E-state index in [1.165, 1.54) is 10.9 Å².